The third-order valence-electron chi connectivity index (χ3n) is 2.20. The van der Waals surface area contributed by atoms with E-state index in [1.165, 1.54) is 12.1 Å². The van der Waals surface area contributed by atoms with Crippen molar-refractivity contribution in [2.45, 2.75) is 20.0 Å². The molecule has 5 heteroatoms. The molecule has 2 aromatic rings. The van der Waals surface area contributed by atoms with E-state index in [4.69, 9.17) is 16.0 Å². The van der Waals surface area contributed by atoms with E-state index >= 15 is 0 Å². The summed E-state index contributed by atoms with van der Waals surface area (Å²) in [5.74, 6) is 1.06. The lowest BCUT2D eigenvalue weighted by Crippen LogP contribution is -2.13. The predicted molar refractivity (Wildman–Crippen MR) is 63.2 cm³/mol. The van der Waals surface area contributed by atoms with Gasteiger partial charge in [0.1, 0.15) is 11.6 Å². The Morgan fingerprint density at radius 2 is 2.18 bits per heavy atom. The van der Waals surface area contributed by atoms with Crippen LogP contribution < -0.4 is 5.32 Å². The lowest BCUT2D eigenvalue weighted by atomic mass is 10.2. The number of nitrogens with one attached hydrogen (secondary N) is 1. The lowest BCUT2D eigenvalue weighted by Gasteiger charge is -2.03. The standard InChI is InChI=1S/C12H12ClFN2O/c1-8-5-16-12(17-8)7-15-6-9-2-10(13)4-11(14)3-9/h2-5,15H,6-7H2,1H3. The van der Waals surface area contributed by atoms with Crippen LogP contribution in [0.15, 0.2) is 28.8 Å². The average Bonchev–Trinajstić information content (AvgIpc) is 2.63. The number of hydrogen-bond donors (Lipinski definition) is 1. The van der Waals surface area contributed by atoms with Crippen LogP contribution in [0.25, 0.3) is 0 Å². The third kappa shape index (κ3) is 3.54. The van der Waals surface area contributed by atoms with Crippen LogP contribution in [-0.4, -0.2) is 4.98 Å². The maximum atomic E-state index is 13.0. The van der Waals surface area contributed by atoms with E-state index in [0.717, 1.165) is 11.3 Å². The Hall–Kier alpha value is -1.39. The van der Waals surface area contributed by atoms with Crippen molar-refractivity contribution in [3.63, 3.8) is 0 Å². The van der Waals surface area contributed by atoms with Crippen LogP contribution in [0.1, 0.15) is 17.2 Å². The zero-order valence-electron chi connectivity index (χ0n) is 9.34. The van der Waals surface area contributed by atoms with Gasteiger partial charge in [0, 0.05) is 11.6 Å². The smallest absolute Gasteiger partial charge is 0.208 e. The summed E-state index contributed by atoms with van der Waals surface area (Å²) in [5, 5.41) is 3.50. The highest BCUT2D eigenvalue weighted by Gasteiger charge is 2.02. The molecule has 0 amide bonds. The van der Waals surface area contributed by atoms with E-state index in [1.54, 1.807) is 12.3 Å². The summed E-state index contributed by atoms with van der Waals surface area (Å²) >= 11 is 5.75. The third-order valence-corrected chi connectivity index (χ3v) is 2.42. The molecule has 1 aromatic heterocycles. The fourth-order valence-corrected chi connectivity index (χ4v) is 1.75. The van der Waals surface area contributed by atoms with E-state index in [2.05, 4.69) is 10.3 Å². The van der Waals surface area contributed by atoms with Crippen LogP contribution in [0.4, 0.5) is 4.39 Å². The zero-order valence-corrected chi connectivity index (χ0v) is 10.1. The van der Waals surface area contributed by atoms with Gasteiger partial charge in [-0.25, -0.2) is 9.37 Å². The predicted octanol–water partition coefficient (Wildman–Crippen LogP) is 3.07. The van der Waals surface area contributed by atoms with Crippen LogP contribution in [0.5, 0.6) is 0 Å². The van der Waals surface area contributed by atoms with Gasteiger partial charge in [0.25, 0.3) is 0 Å². The normalized spacial score (nSPS) is 10.8. The second-order valence-corrected chi connectivity index (χ2v) is 4.18. The van der Waals surface area contributed by atoms with Gasteiger partial charge in [-0.2, -0.15) is 0 Å². The monoisotopic (exact) mass is 254 g/mol. The molecule has 0 saturated heterocycles. The van der Waals surface area contributed by atoms with Crippen molar-refractivity contribution >= 4 is 11.6 Å². The molecular weight excluding hydrogens is 243 g/mol. The van der Waals surface area contributed by atoms with Gasteiger partial charge in [-0.05, 0) is 30.7 Å². The highest BCUT2D eigenvalue weighted by Crippen LogP contribution is 2.14. The second kappa shape index (κ2) is 5.29. The Kier molecular flexibility index (Phi) is 3.76. The first-order valence-corrected chi connectivity index (χ1v) is 5.58. The molecule has 1 heterocycles. The molecule has 1 N–H and O–H groups in total. The molecule has 0 aliphatic carbocycles. The van der Waals surface area contributed by atoms with E-state index in [1.807, 2.05) is 6.92 Å². The van der Waals surface area contributed by atoms with Crippen molar-refractivity contribution in [3.05, 3.63) is 52.5 Å². The van der Waals surface area contributed by atoms with Gasteiger partial charge in [0.2, 0.25) is 5.89 Å². The number of aryl methyl sites for hydroxylation is 1. The Morgan fingerprint density at radius 3 is 2.82 bits per heavy atom. The fraction of sp³-hybridized carbons (Fsp3) is 0.250. The van der Waals surface area contributed by atoms with Crippen LogP contribution in [0, 0.1) is 12.7 Å². The summed E-state index contributed by atoms with van der Waals surface area (Å²) in [6.07, 6.45) is 1.66. The van der Waals surface area contributed by atoms with Crippen LogP contribution in [-0.2, 0) is 13.1 Å². The van der Waals surface area contributed by atoms with Gasteiger partial charge < -0.3 is 9.73 Å². The van der Waals surface area contributed by atoms with E-state index in [9.17, 15) is 4.39 Å². The summed E-state index contributed by atoms with van der Waals surface area (Å²) < 4.78 is 18.3. The van der Waals surface area contributed by atoms with Gasteiger partial charge in [-0.1, -0.05) is 11.6 Å². The Bertz CT molecular complexity index is 493. The second-order valence-electron chi connectivity index (χ2n) is 3.75. The average molecular weight is 255 g/mol. The Labute approximate surface area is 104 Å². The molecule has 0 bridgehead atoms. The highest BCUT2D eigenvalue weighted by atomic mass is 35.5. The first-order valence-electron chi connectivity index (χ1n) is 5.20. The number of rotatable bonds is 4. The lowest BCUT2D eigenvalue weighted by molar-refractivity contribution is 0.449. The molecule has 1 aromatic carbocycles. The Balaban J connectivity index is 1.89. The maximum absolute atomic E-state index is 13.0. The molecule has 0 spiro atoms. The SMILES string of the molecule is Cc1cnc(CNCc2cc(F)cc(Cl)c2)o1. The van der Waals surface area contributed by atoms with Crippen molar-refractivity contribution in [2.24, 2.45) is 0 Å². The molecule has 2 rings (SSSR count). The number of nitrogens with zero attached hydrogens (tertiary/aromatic N) is 1. The molecule has 0 radical (unpaired) electrons. The summed E-state index contributed by atoms with van der Waals surface area (Å²) in [7, 11) is 0. The molecule has 0 saturated carbocycles. The summed E-state index contributed by atoms with van der Waals surface area (Å²) in [6.45, 7) is 2.85. The van der Waals surface area contributed by atoms with E-state index < -0.39 is 0 Å². The molecule has 17 heavy (non-hydrogen) atoms. The molecule has 0 fully saturated rings. The Morgan fingerprint density at radius 1 is 1.35 bits per heavy atom. The van der Waals surface area contributed by atoms with E-state index in [0.29, 0.717) is 24.0 Å². The first-order chi connectivity index (χ1) is 8.13. The van der Waals surface area contributed by atoms with Gasteiger partial charge in [-0.3, -0.25) is 0 Å². The number of benzene rings is 1. The summed E-state index contributed by atoms with van der Waals surface area (Å²) in [6, 6.07) is 4.45. The first kappa shape index (κ1) is 12.1. The molecule has 0 aliphatic rings. The molecule has 3 nitrogen and oxygen atoms in total. The highest BCUT2D eigenvalue weighted by molar-refractivity contribution is 6.30. The zero-order chi connectivity index (χ0) is 12.3. The minimum absolute atomic E-state index is 0.332. The van der Waals surface area contributed by atoms with Crippen molar-refractivity contribution in [1.29, 1.82) is 0 Å². The van der Waals surface area contributed by atoms with Crippen LogP contribution in [0.3, 0.4) is 0 Å². The van der Waals surface area contributed by atoms with Crippen molar-refractivity contribution in [1.82, 2.24) is 10.3 Å². The van der Waals surface area contributed by atoms with Crippen LogP contribution in [0.2, 0.25) is 5.02 Å². The van der Waals surface area contributed by atoms with Crippen molar-refractivity contribution in [3.8, 4) is 0 Å². The topological polar surface area (TPSA) is 38.1 Å². The van der Waals surface area contributed by atoms with Gasteiger partial charge in [0.15, 0.2) is 0 Å². The quantitative estimate of drug-likeness (QED) is 0.911. The van der Waals surface area contributed by atoms with Gasteiger partial charge in [-0.15, -0.1) is 0 Å². The molecule has 0 atom stereocenters. The molecule has 0 aliphatic heterocycles. The number of aromatic nitrogens is 1. The summed E-state index contributed by atoms with van der Waals surface area (Å²) in [4.78, 5) is 4.05. The minimum Gasteiger partial charge on any atom is -0.445 e. The van der Waals surface area contributed by atoms with E-state index in [-0.39, 0.29) is 5.82 Å². The summed E-state index contributed by atoms with van der Waals surface area (Å²) in [5.41, 5.74) is 0.790. The van der Waals surface area contributed by atoms with Gasteiger partial charge in [0.05, 0.1) is 12.7 Å². The van der Waals surface area contributed by atoms with Gasteiger partial charge >= 0.3 is 0 Å². The van der Waals surface area contributed by atoms with Crippen molar-refractivity contribution in [2.75, 3.05) is 0 Å². The molecule has 0 unspecified atom stereocenters. The number of halogens is 2. The largest absolute Gasteiger partial charge is 0.445 e. The number of hydrogen-bond acceptors (Lipinski definition) is 3. The fourth-order valence-electron chi connectivity index (χ4n) is 1.51. The maximum Gasteiger partial charge on any atom is 0.208 e. The van der Waals surface area contributed by atoms with Crippen LogP contribution >= 0.6 is 11.6 Å². The number of oxazole rings is 1. The molecular formula is C12H12ClFN2O. The van der Waals surface area contributed by atoms with Crippen molar-refractivity contribution < 1.29 is 8.81 Å². The minimum atomic E-state index is -0.332. The molecule has 90 valence electrons.